The van der Waals surface area contributed by atoms with Crippen molar-refractivity contribution in [1.29, 1.82) is 0 Å². The Morgan fingerprint density at radius 3 is 3.00 bits per heavy atom. The molecule has 6 nitrogen and oxygen atoms in total. The van der Waals surface area contributed by atoms with Crippen molar-refractivity contribution in [3.05, 3.63) is 36.2 Å². The van der Waals surface area contributed by atoms with Crippen molar-refractivity contribution >= 4 is 11.7 Å². The lowest BCUT2D eigenvalue weighted by Crippen LogP contribution is -2.44. The van der Waals surface area contributed by atoms with Gasteiger partial charge in [0.15, 0.2) is 0 Å². The first-order chi connectivity index (χ1) is 11.7. The predicted octanol–water partition coefficient (Wildman–Crippen LogP) is 3.73. The van der Waals surface area contributed by atoms with E-state index in [2.05, 4.69) is 22.5 Å². The zero-order valence-corrected chi connectivity index (χ0v) is 14.0. The second kappa shape index (κ2) is 7.49. The molecule has 0 saturated carbocycles. The maximum Gasteiger partial charge on any atom is 0.319 e. The van der Waals surface area contributed by atoms with Gasteiger partial charge in [0.05, 0.1) is 17.8 Å². The molecule has 2 atom stereocenters. The van der Waals surface area contributed by atoms with Crippen LogP contribution in [0.3, 0.4) is 0 Å². The molecule has 2 heterocycles. The van der Waals surface area contributed by atoms with E-state index in [1.807, 2.05) is 31.2 Å². The highest BCUT2D eigenvalue weighted by Gasteiger charge is 2.25. The third-order valence-electron chi connectivity index (χ3n) is 4.16. The fraction of sp³-hybridized carbons (Fsp3) is 0.444. The number of amides is 2. The summed E-state index contributed by atoms with van der Waals surface area (Å²) >= 11 is 0. The molecular formula is C18H23N3O3. The monoisotopic (exact) mass is 329 g/mol. The summed E-state index contributed by atoms with van der Waals surface area (Å²) in [6.45, 7) is 4.71. The van der Waals surface area contributed by atoms with E-state index < -0.39 is 0 Å². The van der Waals surface area contributed by atoms with Gasteiger partial charge < -0.3 is 19.8 Å². The van der Waals surface area contributed by atoms with Crippen LogP contribution < -0.4 is 10.6 Å². The number of ether oxygens (including phenoxy) is 1. The minimum absolute atomic E-state index is 0.0325. The van der Waals surface area contributed by atoms with Crippen molar-refractivity contribution in [2.75, 3.05) is 11.9 Å². The van der Waals surface area contributed by atoms with Crippen LogP contribution in [0.5, 0.6) is 0 Å². The third kappa shape index (κ3) is 3.94. The molecule has 2 aromatic rings. The zero-order chi connectivity index (χ0) is 16.9. The number of rotatable bonds is 5. The minimum atomic E-state index is -0.224. The standard InChI is InChI=1S/C18H23N3O3/c1-3-15(16-8-5-9-23-16)21-18(22)20-14-7-4-6-13(10-14)17-19-12(2)11-24-17/h4,6-7,10-11,15-16H,3,5,8-9H2,1-2H3,(H2,20,21,22)/t15-,16-/m1/s1. The van der Waals surface area contributed by atoms with Gasteiger partial charge in [-0.25, -0.2) is 9.78 Å². The van der Waals surface area contributed by atoms with Crippen LogP contribution in [0.1, 0.15) is 31.9 Å². The number of hydrogen-bond acceptors (Lipinski definition) is 4. The molecule has 6 heteroatoms. The van der Waals surface area contributed by atoms with Gasteiger partial charge in [-0.15, -0.1) is 0 Å². The van der Waals surface area contributed by atoms with Crippen LogP contribution in [0, 0.1) is 6.92 Å². The fourth-order valence-electron chi connectivity index (χ4n) is 2.93. The van der Waals surface area contributed by atoms with Crippen LogP contribution in [0.25, 0.3) is 11.5 Å². The first-order valence-corrected chi connectivity index (χ1v) is 8.37. The Morgan fingerprint density at radius 1 is 1.46 bits per heavy atom. The molecule has 1 aliphatic rings. The van der Waals surface area contributed by atoms with Gasteiger partial charge in [-0.1, -0.05) is 13.0 Å². The number of carbonyl (C=O) groups is 1. The first kappa shape index (κ1) is 16.5. The van der Waals surface area contributed by atoms with E-state index in [9.17, 15) is 4.79 Å². The SMILES string of the molecule is CC[C@@H](NC(=O)Nc1cccc(-c2nc(C)co2)c1)[C@H]1CCCO1. The smallest absolute Gasteiger partial charge is 0.319 e. The molecule has 1 saturated heterocycles. The maximum atomic E-state index is 12.3. The molecule has 3 rings (SSSR count). The lowest BCUT2D eigenvalue weighted by molar-refractivity contribution is 0.0804. The minimum Gasteiger partial charge on any atom is -0.444 e. The molecular weight excluding hydrogens is 306 g/mol. The van der Waals surface area contributed by atoms with E-state index in [0.29, 0.717) is 11.6 Å². The van der Waals surface area contributed by atoms with E-state index in [-0.39, 0.29) is 18.2 Å². The van der Waals surface area contributed by atoms with Crippen molar-refractivity contribution in [2.24, 2.45) is 0 Å². The lowest BCUT2D eigenvalue weighted by Gasteiger charge is -2.23. The molecule has 24 heavy (non-hydrogen) atoms. The van der Waals surface area contributed by atoms with Crippen molar-refractivity contribution < 1.29 is 13.9 Å². The first-order valence-electron chi connectivity index (χ1n) is 8.37. The highest BCUT2D eigenvalue weighted by molar-refractivity contribution is 5.90. The van der Waals surface area contributed by atoms with Gasteiger partial charge in [0.1, 0.15) is 6.26 Å². The van der Waals surface area contributed by atoms with Gasteiger partial charge in [0.25, 0.3) is 0 Å². The second-order valence-corrected chi connectivity index (χ2v) is 6.04. The van der Waals surface area contributed by atoms with Crippen molar-refractivity contribution in [3.63, 3.8) is 0 Å². The Kier molecular flexibility index (Phi) is 5.15. The molecule has 128 valence electrons. The van der Waals surface area contributed by atoms with Crippen molar-refractivity contribution in [2.45, 2.75) is 45.3 Å². The van der Waals surface area contributed by atoms with Crippen molar-refractivity contribution in [1.82, 2.24) is 10.3 Å². The quantitative estimate of drug-likeness (QED) is 0.876. The van der Waals surface area contributed by atoms with Crippen molar-refractivity contribution in [3.8, 4) is 11.5 Å². The van der Waals surface area contributed by atoms with E-state index in [1.165, 1.54) is 0 Å². The maximum absolute atomic E-state index is 12.3. The zero-order valence-electron chi connectivity index (χ0n) is 14.0. The van der Waals surface area contributed by atoms with Crippen LogP contribution >= 0.6 is 0 Å². The largest absolute Gasteiger partial charge is 0.444 e. The Hall–Kier alpha value is -2.34. The summed E-state index contributed by atoms with van der Waals surface area (Å²) in [6, 6.07) is 7.25. The number of benzene rings is 1. The number of hydrogen-bond donors (Lipinski definition) is 2. The molecule has 0 unspecified atom stereocenters. The molecule has 1 aromatic carbocycles. The van der Waals surface area contributed by atoms with E-state index in [0.717, 1.165) is 37.1 Å². The normalized spacial score (nSPS) is 18.3. The van der Waals surface area contributed by atoms with Crippen LogP contribution in [0.2, 0.25) is 0 Å². The molecule has 1 aromatic heterocycles. The molecule has 0 spiro atoms. The number of urea groups is 1. The number of aryl methyl sites for hydroxylation is 1. The Labute approximate surface area is 141 Å². The van der Waals surface area contributed by atoms with E-state index in [4.69, 9.17) is 9.15 Å². The van der Waals surface area contributed by atoms with Crippen LogP contribution in [-0.2, 0) is 4.74 Å². The van der Waals surface area contributed by atoms with Gasteiger partial charge in [0.2, 0.25) is 5.89 Å². The van der Waals surface area contributed by atoms with E-state index >= 15 is 0 Å². The van der Waals surface area contributed by atoms with Gasteiger partial charge in [-0.2, -0.15) is 0 Å². The number of carbonyl (C=O) groups excluding carboxylic acids is 1. The second-order valence-electron chi connectivity index (χ2n) is 6.04. The number of aromatic nitrogens is 1. The average molecular weight is 329 g/mol. The Bertz CT molecular complexity index is 692. The molecule has 0 radical (unpaired) electrons. The molecule has 1 aliphatic heterocycles. The Balaban J connectivity index is 1.63. The summed E-state index contributed by atoms with van der Waals surface area (Å²) in [5, 5.41) is 5.88. The Morgan fingerprint density at radius 2 is 2.33 bits per heavy atom. The number of nitrogens with one attached hydrogen (secondary N) is 2. The summed E-state index contributed by atoms with van der Waals surface area (Å²) in [4.78, 5) is 16.6. The van der Waals surface area contributed by atoms with Crippen LogP contribution in [-0.4, -0.2) is 29.8 Å². The molecule has 2 amide bonds. The highest BCUT2D eigenvalue weighted by atomic mass is 16.5. The number of nitrogens with zero attached hydrogens (tertiary/aromatic N) is 1. The highest BCUT2D eigenvalue weighted by Crippen LogP contribution is 2.22. The molecule has 0 aliphatic carbocycles. The van der Waals surface area contributed by atoms with Gasteiger partial charge in [0, 0.05) is 17.9 Å². The molecule has 0 bridgehead atoms. The third-order valence-corrected chi connectivity index (χ3v) is 4.16. The topological polar surface area (TPSA) is 76.4 Å². The summed E-state index contributed by atoms with van der Waals surface area (Å²) in [6.07, 6.45) is 4.62. The lowest BCUT2D eigenvalue weighted by atomic mass is 10.1. The number of anilines is 1. The fourth-order valence-corrected chi connectivity index (χ4v) is 2.93. The predicted molar refractivity (Wildman–Crippen MR) is 91.9 cm³/mol. The summed E-state index contributed by atoms with van der Waals surface area (Å²) in [5.74, 6) is 0.544. The van der Waals surface area contributed by atoms with Gasteiger partial charge >= 0.3 is 6.03 Å². The summed E-state index contributed by atoms with van der Waals surface area (Å²) in [7, 11) is 0. The molecule has 1 fully saturated rings. The van der Waals surface area contributed by atoms with E-state index in [1.54, 1.807) is 6.26 Å². The van der Waals surface area contributed by atoms with Crippen LogP contribution in [0.15, 0.2) is 34.9 Å². The number of oxazole rings is 1. The average Bonchev–Trinajstić information content (AvgIpc) is 3.24. The summed E-state index contributed by atoms with van der Waals surface area (Å²) < 4.78 is 11.1. The van der Waals surface area contributed by atoms with Crippen LogP contribution in [0.4, 0.5) is 10.5 Å². The van der Waals surface area contributed by atoms with Gasteiger partial charge in [-0.05, 0) is 44.4 Å². The molecule has 2 N–H and O–H groups in total. The van der Waals surface area contributed by atoms with Gasteiger partial charge in [-0.3, -0.25) is 0 Å². The summed E-state index contributed by atoms with van der Waals surface area (Å²) in [5.41, 5.74) is 2.35.